The topological polar surface area (TPSA) is 58.9 Å². The molecule has 2 heterocycles. The zero-order valence-corrected chi connectivity index (χ0v) is 17.5. The van der Waals surface area contributed by atoms with Crippen LogP contribution in [0.25, 0.3) is 0 Å². The predicted molar refractivity (Wildman–Crippen MR) is 111 cm³/mol. The average molecular weight is 383 g/mol. The van der Waals surface area contributed by atoms with Crippen LogP contribution in [0.5, 0.6) is 0 Å². The van der Waals surface area contributed by atoms with Crippen LogP contribution in [0.4, 0.5) is 0 Å². The monoisotopic (exact) mass is 382 g/mol. The summed E-state index contributed by atoms with van der Waals surface area (Å²) in [5.41, 5.74) is 2.67. The van der Waals surface area contributed by atoms with Crippen LogP contribution in [0.1, 0.15) is 34.1 Å². The molecule has 0 saturated carbocycles. The Bertz CT molecular complexity index is 705. The highest BCUT2D eigenvalue weighted by Gasteiger charge is 2.31. The van der Waals surface area contributed by atoms with E-state index in [0.29, 0.717) is 29.1 Å². The van der Waals surface area contributed by atoms with Gasteiger partial charge in [-0.1, -0.05) is 26.0 Å². The number of rotatable bonds is 6. The molecule has 0 amide bonds. The van der Waals surface area contributed by atoms with Gasteiger partial charge in [0.2, 0.25) is 0 Å². The van der Waals surface area contributed by atoms with Crippen LogP contribution in [0.15, 0.2) is 32.6 Å². The number of thioether (sulfide) groups is 1. The van der Waals surface area contributed by atoms with Gasteiger partial charge in [-0.3, -0.25) is 9.98 Å². The van der Waals surface area contributed by atoms with Gasteiger partial charge in [0.15, 0.2) is 9.84 Å². The first-order valence-electron chi connectivity index (χ1n) is 8.91. The largest absolute Gasteiger partial charge is 0.294 e. The summed E-state index contributed by atoms with van der Waals surface area (Å²) in [6.07, 6.45) is 8.08. The first-order valence-corrected chi connectivity index (χ1v) is 12.0. The number of hydrogen-bond acceptors (Lipinski definition) is 5. The van der Waals surface area contributed by atoms with Gasteiger partial charge >= 0.3 is 0 Å². The van der Waals surface area contributed by atoms with Crippen LogP contribution >= 0.6 is 11.8 Å². The summed E-state index contributed by atoms with van der Waals surface area (Å²) in [6.45, 7) is 9.04. The fourth-order valence-corrected chi connectivity index (χ4v) is 4.54. The molecule has 0 N–H and O–H groups in total. The lowest BCUT2D eigenvalue weighted by atomic mass is 9.77. The number of nitrogens with zero attached hydrogens (tertiary/aromatic N) is 2. The first-order chi connectivity index (χ1) is 11.7. The maximum atomic E-state index is 11.5. The molecular formula is C19H30N2O2S2. The highest BCUT2D eigenvalue weighted by molar-refractivity contribution is 7.99. The van der Waals surface area contributed by atoms with Crippen LogP contribution < -0.4 is 0 Å². The molecule has 0 saturated heterocycles. The highest BCUT2D eigenvalue weighted by Crippen LogP contribution is 2.31. The van der Waals surface area contributed by atoms with Crippen molar-refractivity contribution in [2.75, 3.05) is 24.3 Å². The van der Waals surface area contributed by atoms with Crippen molar-refractivity contribution in [2.24, 2.45) is 27.7 Å². The van der Waals surface area contributed by atoms with Crippen molar-refractivity contribution in [3.05, 3.63) is 22.6 Å². The van der Waals surface area contributed by atoms with Gasteiger partial charge in [-0.2, -0.15) is 11.8 Å². The Morgan fingerprint density at radius 1 is 1.48 bits per heavy atom. The Kier molecular flexibility index (Phi) is 7.09. The van der Waals surface area contributed by atoms with Crippen molar-refractivity contribution < 1.29 is 8.42 Å². The summed E-state index contributed by atoms with van der Waals surface area (Å²) in [7, 11) is -3.08. The highest BCUT2D eigenvalue weighted by atomic mass is 32.2. The predicted octanol–water partition coefficient (Wildman–Crippen LogP) is 3.80. The minimum absolute atomic E-state index is 0.0830. The zero-order valence-electron chi connectivity index (χ0n) is 15.9. The van der Waals surface area contributed by atoms with E-state index in [9.17, 15) is 8.42 Å². The molecule has 4 atom stereocenters. The van der Waals surface area contributed by atoms with Gasteiger partial charge in [0.25, 0.3) is 0 Å². The van der Waals surface area contributed by atoms with Gasteiger partial charge in [0, 0.05) is 53.0 Å². The molecule has 0 fully saturated rings. The SMILES string of the molecule is CC(=CCC(C)N=CC1C(C)CN=C(C2=CCSC2)C1C)S(C)(=O)=O. The number of aliphatic imine (C=N–C) groups is 2. The third kappa shape index (κ3) is 5.55. The minimum atomic E-state index is -3.08. The van der Waals surface area contributed by atoms with Crippen molar-refractivity contribution in [1.82, 2.24) is 0 Å². The number of sulfone groups is 1. The summed E-state index contributed by atoms with van der Waals surface area (Å²) in [6, 6.07) is 0.0830. The van der Waals surface area contributed by atoms with Gasteiger partial charge in [0.05, 0.1) is 6.04 Å². The van der Waals surface area contributed by atoms with Crippen LogP contribution in [0.2, 0.25) is 0 Å². The smallest absolute Gasteiger partial charge is 0.171 e. The van der Waals surface area contributed by atoms with Gasteiger partial charge in [-0.15, -0.1) is 0 Å². The third-order valence-corrected chi connectivity index (χ3v) is 7.35. The molecule has 140 valence electrons. The molecule has 0 radical (unpaired) electrons. The summed E-state index contributed by atoms with van der Waals surface area (Å²) >= 11 is 1.95. The number of allylic oxidation sites excluding steroid dienone is 1. The Morgan fingerprint density at radius 3 is 2.80 bits per heavy atom. The summed E-state index contributed by atoms with van der Waals surface area (Å²) < 4.78 is 22.9. The molecule has 2 aliphatic heterocycles. The Morgan fingerprint density at radius 2 is 2.20 bits per heavy atom. The molecule has 0 spiro atoms. The lowest BCUT2D eigenvalue weighted by Gasteiger charge is -2.32. The van der Waals surface area contributed by atoms with E-state index in [1.165, 1.54) is 17.5 Å². The maximum Gasteiger partial charge on any atom is 0.171 e. The van der Waals surface area contributed by atoms with Crippen LogP contribution in [-0.2, 0) is 9.84 Å². The van der Waals surface area contributed by atoms with Gasteiger partial charge in [0.1, 0.15) is 0 Å². The van der Waals surface area contributed by atoms with E-state index < -0.39 is 9.84 Å². The van der Waals surface area contributed by atoms with Crippen molar-refractivity contribution in [3.63, 3.8) is 0 Å². The van der Waals surface area contributed by atoms with E-state index in [4.69, 9.17) is 9.98 Å². The van der Waals surface area contributed by atoms with E-state index in [1.54, 1.807) is 13.0 Å². The Hall–Kier alpha value is -0.880. The third-order valence-electron chi connectivity index (χ3n) is 5.09. The Balaban J connectivity index is 2.02. The van der Waals surface area contributed by atoms with E-state index in [0.717, 1.165) is 18.1 Å². The lowest BCUT2D eigenvalue weighted by molar-refractivity contribution is 0.391. The van der Waals surface area contributed by atoms with E-state index in [2.05, 4.69) is 26.1 Å². The molecule has 0 bridgehead atoms. The van der Waals surface area contributed by atoms with Crippen molar-refractivity contribution in [1.29, 1.82) is 0 Å². The first kappa shape index (κ1) is 20.4. The zero-order chi connectivity index (χ0) is 18.6. The van der Waals surface area contributed by atoms with E-state index in [-0.39, 0.29) is 6.04 Å². The average Bonchev–Trinajstić information content (AvgIpc) is 3.05. The Labute approximate surface area is 156 Å². The van der Waals surface area contributed by atoms with Crippen molar-refractivity contribution in [3.8, 4) is 0 Å². The van der Waals surface area contributed by atoms with Crippen molar-refractivity contribution in [2.45, 2.75) is 40.2 Å². The van der Waals surface area contributed by atoms with Gasteiger partial charge < -0.3 is 0 Å². The molecule has 0 aliphatic carbocycles. The summed E-state index contributed by atoms with van der Waals surface area (Å²) in [4.78, 5) is 9.98. The molecule has 0 aromatic carbocycles. The van der Waals surface area contributed by atoms with Gasteiger partial charge in [-0.25, -0.2) is 8.42 Å². The van der Waals surface area contributed by atoms with Gasteiger partial charge in [-0.05, 0) is 31.8 Å². The standard InChI is InChI=1S/C19H30N2O2S2/c1-13-10-21-19(17-8-9-24-12-17)16(4)18(13)11-20-14(2)6-7-15(3)25(5,22)23/h7-8,11,13-14,16,18H,6,9-10,12H2,1-5H3. The normalized spacial score (nSPS) is 29.6. The molecule has 4 unspecified atom stereocenters. The molecule has 6 heteroatoms. The quantitative estimate of drug-likeness (QED) is 0.657. The lowest BCUT2D eigenvalue weighted by Crippen LogP contribution is -2.35. The second-order valence-electron chi connectivity index (χ2n) is 7.28. The van der Waals surface area contributed by atoms with E-state index in [1.807, 2.05) is 18.7 Å². The molecule has 25 heavy (non-hydrogen) atoms. The van der Waals surface area contributed by atoms with Crippen molar-refractivity contribution >= 4 is 33.5 Å². The molecule has 4 nitrogen and oxygen atoms in total. The maximum absolute atomic E-state index is 11.5. The van der Waals surface area contributed by atoms with E-state index >= 15 is 0 Å². The summed E-state index contributed by atoms with van der Waals surface area (Å²) in [5, 5.41) is 0. The van der Waals surface area contributed by atoms with Crippen LogP contribution in [-0.4, -0.2) is 50.7 Å². The molecule has 0 aromatic heterocycles. The molecule has 2 aliphatic rings. The molecule has 2 rings (SSSR count). The number of hydrogen-bond donors (Lipinski definition) is 0. The minimum Gasteiger partial charge on any atom is -0.294 e. The molecular weight excluding hydrogens is 352 g/mol. The second-order valence-corrected chi connectivity index (χ2v) is 10.5. The summed E-state index contributed by atoms with van der Waals surface area (Å²) in [5.74, 6) is 3.43. The fraction of sp³-hybridized carbons (Fsp3) is 0.684. The van der Waals surface area contributed by atoms with Crippen LogP contribution in [0, 0.1) is 17.8 Å². The fourth-order valence-electron chi connectivity index (χ4n) is 3.21. The molecule has 0 aromatic rings. The van der Waals surface area contributed by atoms with Crippen LogP contribution in [0.3, 0.4) is 0 Å². The second kappa shape index (κ2) is 8.67.